The molecule has 0 saturated heterocycles. The maximum absolute atomic E-state index is 11.3. The van der Waals surface area contributed by atoms with E-state index in [0.29, 0.717) is 5.92 Å². The molecule has 3 heteroatoms. The number of hydrogen-bond acceptors (Lipinski definition) is 2. The number of carbonyl (C=O) groups is 1. The molecule has 0 radical (unpaired) electrons. The standard InChI is InChI=1S/C12H21NO2/c1-8(2)10-6-5-7-13(9(3)4)11(10)12(14)15/h5,7-11H,6H2,1-4H3,(H,14,15). The molecule has 1 rings (SSSR count). The van der Waals surface area contributed by atoms with Crippen molar-refractivity contribution >= 4 is 5.97 Å². The van der Waals surface area contributed by atoms with Gasteiger partial charge in [0.15, 0.2) is 0 Å². The number of carboxylic acid groups (broad SMARTS) is 1. The third-order valence-electron chi connectivity index (χ3n) is 3.12. The Morgan fingerprint density at radius 3 is 2.40 bits per heavy atom. The van der Waals surface area contributed by atoms with Crippen molar-refractivity contribution in [2.24, 2.45) is 11.8 Å². The molecule has 1 aliphatic heterocycles. The molecule has 1 heterocycles. The summed E-state index contributed by atoms with van der Waals surface area (Å²) in [6.07, 6.45) is 4.89. The number of rotatable bonds is 3. The second-order valence-corrected chi connectivity index (χ2v) is 4.85. The lowest BCUT2D eigenvalue weighted by atomic mass is 9.82. The van der Waals surface area contributed by atoms with E-state index < -0.39 is 5.97 Å². The van der Waals surface area contributed by atoms with Gasteiger partial charge in [-0.1, -0.05) is 19.9 Å². The highest BCUT2D eigenvalue weighted by Crippen LogP contribution is 2.29. The molecule has 0 aromatic heterocycles. The highest BCUT2D eigenvalue weighted by molar-refractivity contribution is 5.74. The van der Waals surface area contributed by atoms with E-state index in [-0.39, 0.29) is 18.0 Å². The van der Waals surface area contributed by atoms with Crippen LogP contribution in [0.1, 0.15) is 34.1 Å². The van der Waals surface area contributed by atoms with Crippen LogP contribution in [0, 0.1) is 11.8 Å². The van der Waals surface area contributed by atoms with Gasteiger partial charge < -0.3 is 10.0 Å². The number of nitrogens with zero attached hydrogens (tertiary/aromatic N) is 1. The van der Waals surface area contributed by atoms with Gasteiger partial charge in [-0.05, 0) is 38.3 Å². The minimum Gasteiger partial charge on any atom is -0.480 e. The SMILES string of the molecule is CC(C)C1CC=CN(C(C)C)C1C(=O)O. The van der Waals surface area contributed by atoms with Crippen LogP contribution < -0.4 is 0 Å². The van der Waals surface area contributed by atoms with Gasteiger partial charge in [-0.15, -0.1) is 0 Å². The van der Waals surface area contributed by atoms with Crippen LogP contribution in [0.25, 0.3) is 0 Å². The fourth-order valence-electron chi connectivity index (χ4n) is 2.22. The Bertz CT molecular complexity index is 258. The molecule has 0 aromatic carbocycles. The maximum atomic E-state index is 11.3. The van der Waals surface area contributed by atoms with Gasteiger partial charge in [0, 0.05) is 6.04 Å². The summed E-state index contributed by atoms with van der Waals surface area (Å²) in [6, 6.07) is -0.126. The average Bonchev–Trinajstić information content (AvgIpc) is 2.16. The smallest absolute Gasteiger partial charge is 0.326 e. The third kappa shape index (κ3) is 2.52. The zero-order valence-electron chi connectivity index (χ0n) is 9.97. The van der Waals surface area contributed by atoms with Gasteiger partial charge in [-0.2, -0.15) is 0 Å². The lowest BCUT2D eigenvalue weighted by molar-refractivity contribution is -0.146. The highest BCUT2D eigenvalue weighted by Gasteiger charge is 2.36. The van der Waals surface area contributed by atoms with Crippen molar-refractivity contribution in [2.45, 2.75) is 46.2 Å². The number of hydrogen-bond donors (Lipinski definition) is 1. The molecule has 86 valence electrons. The van der Waals surface area contributed by atoms with Crippen LogP contribution in [0.5, 0.6) is 0 Å². The van der Waals surface area contributed by atoms with Crippen LogP contribution in [0.4, 0.5) is 0 Å². The van der Waals surface area contributed by atoms with E-state index >= 15 is 0 Å². The van der Waals surface area contributed by atoms with Crippen molar-refractivity contribution in [3.63, 3.8) is 0 Å². The van der Waals surface area contributed by atoms with Crippen LogP contribution >= 0.6 is 0 Å². The predicted octanol–water partition coefficient (Wildman–Crippen LogP) is 2.34. The second-order valence-electron chi connectivity index (χ2n) is 4.85. The zero-order valence-corrected chi connectivity index (χ0v) is 9.97. The summed E-state index contributed by atoms with van der Waals surface area (Å²) in [4.78, 5) is 13.3. The first kappa shape index (κ1) is 12.1. The van der Waals surface area contributed by atoms with Crippen molar-refractivity contribution in [3.05, 3.63) is 12.3 Å². The Morgan fingerprint density at radius 2 is 2.00 bits per heavy atom. The van der Waals surface area contributed by atoms with Crippen molar-refractivity contribution in [1.82, 2.24) is 4.90 Å². The van der Waals surface area contributed by atoms with Crippen molar-refractivity contribution in [2.75, 3.05) is 0 Å². The van der Waals surface area contributed by atoms with E-state index in [1.165, 1.54) is 0 Å². The van der Waals surface area contributed by atoms with E-state index in [9.17, 15) is 9.90 Å². The van der Waals surface area contributed by atoms with Crippen LogP contribution in [0.3, 0.4) is 0 Å². The molecular weight excluding hydrogens is 190 g/mol. The Morgan fingerprint density at radius 1 is 1.40 bits per heavy atom. The summed E-state index contributed by atoms with van der Waals surface area (Å²) < 4.78 is 0. The first-order chi connectivity index (χ1) is 6.95. The fourth-order valence-corrected chi connectivity index (χ4v) is 2.22. The van der Waals surface area contributed by atoms with Gasteiger partial charge in [0.1, 0.15) is 6.04 Å². The van der Waals surface area contributed by atoms with Crippen LogP contribution in [0.2, 0.25) is 0 Å². The topological polar surface area (TPSA) is 40.5 Å². The normalized spacial score (nSPS) is 26.4. The molecule has 0 fully saturated rings. The number of aliphatic carboxylic acids is 1. The van der Waals surface area contributed by atoms with E-state index in [0.717, 1.165) is 6.42 Å². The highest BCUT2D eigenvalue weighted by atomic mass is 16.4. The molecule has 1 aliphatic rings. The molecule has 0 amide bonds. The van der Waals surface area contributed by atoms with E-state index in [2.05, 4.69) is 19.9 Å². The number of allylic oxidation sites excluding steroid dienone is 1. The molecule has 15 heavy (non-hydrogen) atoms. The molecule has 0 aromatic rings. The largest absolute Gasteiger partial charge is 0.480 e. The Hall–Kier alpha value is -0.990. The predicted molar refractivity (Wildman–Crippen MR) is 60.5 cm³/mol. The average molecular weight is 211 g/mol. The van der Waals surface area contributed by atoms with Crippen molar-refractivity contribution in [3.8, 4) is 0 Å². The Balaban J connectivity index is 2.94. The molecule has 0 aliphatic carbocycles. The van der Waals surface area contributed by atoms with Crippen LogP contribution in [-0.4, -0.2) is 28.1 Å². The maximum Gasteiger partial charge on any atom is 0.326 e. The van der Waals surface area contributed by atoms with Gasteiger partial charge >= 0.3 is 5.97 Å². The summed E-state index contributed by atoms with van der Waals surface area (Å²) in [7, 11) is 0. The summed E-state index contributed by atoms with van der Waals surface area (Å²) in [6.45, 7) is 8.25. The van der Waals surface area contributed by atoms with Crippen molar-refractivity contribution in [1.29, 1.82) is 0 Å². The van der Waals surface area contributed by atoms with Gasteiger partial charge in [0.2, 0.25) is 0 Å². The summed E-state index contributed by atoms with van der Waals surface area (Å²) >= 11 is 0. The molecular formula is C12H21NO2. The fraction of sp³-hybridized carbons (Fsp3) is 0.750. The van der Waals surface area contributed by atoms with E-state index in [1.54, 1.807) is 0 Å². The first-order valence-electron chi connectivity index (χ1n) is 5.62. The van der Waals surface area contributed by atoms with Crippen molar-refractivity contribution < 1.29 is 9.90 Å². The molecule has 0 spiro atoms. The van der Waals surface area contributed by atoms with Crippen LogP contribution in [-0.2, 0) is 4.79 Å². The van der Waals surface area contributed by atoms with Gasteiger partial charge in [-0.25, -0.2) is 4.79 Å². The zero-order chi connectivity index (χ0) is 11.6. The molecule has 0 saturated carbocycles. The molecule has 2 unspecified atom stereocenters. The first-order valence-corrected chi connectivity index (χ1v) is 5.62. The molecule has 1 N–H and O–H groups in total. The van der Waals surface area contributed by atoms with E-state index in [4.69, 9.17) is 0 Å². The van der Waals surface area contributed by atoms with Crippen LogP contribution in [0.15, 0.2) is 12.3 Å². The second kappa shape index (κ2) is 4.69. The Kier molecular flexibility index (Phi) is 3.77. The minimum atomic E-state index is -0.702. The monoisotopic (exact) mass is 211 g/mol. The third-order valence-corrected chi connectivity index (χ3v) is 3.12. The molecule has 0 bridgehead atoms. The van der Waals surface area contributed by atoms with Gasteiger partial charge in [0.05, 0.1) is 0 Å². The summed E-state index contributed by atoms with van der Waals surface area (Å²) in [5.74, 6) is -0.0843. The molecule has 3 nitrogen and oxygen atoms in total. The minimum absolute atomic E-state index is 0.217. The summed E-state index contributed by atoms with van der Waals surface area (Å²) in [5.41, 5.74) is 0. The molecule has 2 atom stereocenters. The Labute approximate surface area is 91.8 Å². The number of carboxylic acids is 1. The lowest BCUT2D eigenvalue weighted by Crippen LogP contribution is -2.49. The van der Waals surface area contributed by atoms with Gasteiger partial charge in [0.25, 0.3) is 0 Å². The van der Waals surface area contributed by atoms with E-state index in [1.807, 2.05) is 24.9 Å². The summed E-state index contributed by atoms with van der Waals surface area (Å²) in [5, 5.41) is 9.30. The lowest BCUT2D eigenvalue weighted by Gasteiger charge is -2.40. The van der Waals surface area contributed by atoms with Gasteiger partial charge in [-0.3, -0.25) is 0 Å². The quantitative estimate of drug-likeness (QED) is 0.779.